The minimum absolute atomic E-state index is 0.103. The molecule has 1 atom stereocenters. The van der Waals surface area contributed by atoms with Gasteiger partial charge in [-0.3, -0.25) is 9.59 Å². The topological polar surface area (TPSA) is 83.4 Å². The van der Waals surface area contributed by atoms with Gasteiger partial charge < -0.3 is 20.4 Å². The van der Waals surface area contributed by atoms with Crippen molar-refractivity contribution < 1.29 is 14.0 Å². The number of hydrogen-bond donors (Lipinski definition) is 3. The molecule has 0 bridgehead atoms. The minimum Gasteiger partial charge on any atom is -0.451 e. The molecule has 1 saturated heterocycles. The fraction of sp³-hybridized carbons (Fsp3) is 0.368. The summed E-state index contributed by atoms with van der Waals surface area (Å²) in [6.07, 6.45) is 1.68. The molecule has 3 rings (SSSR count). The normalized spacial score (nSPS) is 16.1. The third-order valence-electron chi connectivity index (χ3n) is 4.63. The zero-order chi connectivity index (χ0) is 18.5. The lowest BCUT2D eigenvalue weighted by Gasteiger charge is -2.29. The molecular weight excluding hydrogens is 354 g/mol. The third kappa shape index (κ3) is 4.26. The Morgan fingerprint density at radius 2 is 1.85 bits per heavy atom. The SMILES string of the molecule is CNC(=O)[C@@H](NC(=O)c1ccc(-c2ccc(Cl)cc2)o1)C1CCNCC1. The van der Waals surface area contributed by atoms with Crippen molar-refractivity contribution in [1.82, 2.24) is 16.0 Å². The van der Waals surface area contributed by atoms with Gasteiger partial charge in [0.05, 0.1) is 0 Å². The highest BCUT2D eigenvalue weighted by atomic mass is 35.5. The van der Waals surface area contributed by atoms with Crippen molar-refractivity contribution in [1.29, 1.82) is 0 Å². The molecule has 26 heavy (non-hydrogen) atoms. The van der Waals surface area contributed by atoms with Gasteiger partial charge in [0.2, 0.25) is 5.91 Å². The molecule has 1 aliphatic rings. The number of benzene rings is 1. The van der Waals surface area contributed by atoms with E-state index in [1.807, 2.05) is 12.1 Å². The molecule has 0 aliphatic carbocycles. The van der Waals surface area contributed by atoms with E-state index in [1.165, 1.54) is 0 Å². The molecule has 1 fully saturated rings. The first-order valence-electron chi connectivity index (χ1n) is 8.67. The number of carbonyl (C=O) groups is 2. The Hall–Kier alpha value is -2.31. The van der Waals surface area contributed by atoms with Gasteiger partial charge >= 0.3 is 0 Å². The summed E-state index contributed by atoms with van der Waals surface area (Å²) >= 11 is 5.89. The number of hydrogen-bond acceptors (Lipinski definition) is 4. The van der Waals surface area contributed by atoms with Crippen LogP contribution in [0.25, 0.3) is 11.3 Å². The third-order valence-corrected chi connectivity index (χ3v) is 4.88. The number of amides is 2. The summed E-state index contributed by atoms with van der Waals surface area (Å²) in [5, 5.41) is 9.37. The van der Waals surface area contributed by atoms with E-state index in [-0.39, 0.29) is 17.6 Å². The maximum atomic E-state index is 12.6. The van der Waals surface area contributed by atoms with Crippen LogP contribution in [0, 0.1) is 5.92 Å². The Labute approximate surface area is 157 Å². The molecular formula is C19H22ClN3O3. The van der Waals surface area contributed by atoms with Crippen molar-refractivity contribution in [2.24, 2.45) is 5.92 Å². The van der Waals surface area contributed by atoms with Crippen molar-refractivity contribution in [3.05, 3.63) is 47.2 Å². The van der Waals surface area contributed by atoms with Crippen LogP contribution in [0.1, 0.15) is 23.4 Å². The summed E-state index contributed by atoms with van der Waals surface area (Å²) in [5.41, 5.74) is 0.828. The van der Waals surface area contributed by atoms with Gasteiger partial charge in [-0.1, -0.05) is 11.6 Å². The van der Waals surface area contributed by atoms with Crippen molar-refractivity contribution >= 4 is 23.4 Å². The van der Waals surface area contributed by atoms with Crippen molar-refractivity contribution in [3.63, 3.8) is 0 Å². The zero-order valence-corrected chi connectivity index (χ0v) is 15.3. The highest BCUT2D eigenvalue weighted by Crippen LogP contribution is 2.24. The van der Waals surface area contributed by atoms with Gasteiger partial charge in [-0.2, -0.15) is 0 Å². The molecule has 0 spiro atoms. The minimum atomic E-state index is -0.571. The summed E-state index contributed by atoms with van der Waals surface area (Å²) in [5.74, 6) is 0.279. The van der Waals surface area contributed by atoms with Crippen LogP contribution in [-0.2, 0) is 4.79 Å². The maximum Gasteiger partial charge on any atom is 0.287 e. The Kier molecular flexibility index (Phi) is 5.96. The van der Waals surface area contributed by atoms with E-state index in [4.69, 9.17) is 16.0 Å². The van der Waals surface area contributed by atoms with E-state index >= 15 is 0 Å². The van der Waals surface area contributed by atoms with E-state index in [1.54, 1.807) is 31.3 Å². The monoisotopic (exact) mass is 375 g/mol. The fourth-order valence-corrected chi connectivity index (χ4v) is 3.30. The average Bonchev–Trinajstić information content (AvgIpc) is 3.17. The average molecular weight is 376 g/mol. The van der Waals surface area contributed by atoms with Crippen molar-refractivity contribution in [3.8, 4) is 11.3 Å². The number of halogens is 1. The van der Waals surface area contributed by atoms with E-state index < -0.39 is 11.9 Å². The lowest BCUT2D eigenvalue weighted by molar-refractivity contribution is -0.124. The van der Waals surface area contributed by atoms with Gasteiger partial charge in [0.1, 0.15) is 11.8 Å². The standard InChI is InChI=1S/C19H22ClN3O3/c1-21-19(25)17(13-8-10-22-11-9-13)23-18(24)16-7-6-15(26-16)12-2-4-14(20)5-3-12/h2-7,13,17,22H,8-11H2,1H3,(H,21,25)(H,23,24)/t17-/m0/s1. The largest absolute Gasteiger partial charge is 0.451 e. The highest BCUT2D eigenvalue weighted by Gasteiger charge is 2.31. The van der Waals surface area contributed by atoms with Gasteiger partial charge in [0, 0.05) is 17.6 Å². The molecule has 1 aromatic heterocycles. The predicted molar refractivity (Wildman–Crippen MR) is 100 cm³/mol. The van der Waals surface area contributed by atoms with Gasteiger partial charge in [-0.15, -0.1) is 0 Å². The van der Waals surface area contributed by atoms with Crippen molar-refractivity contribution in [2.75, 3.05) is 20.1 Å². The van der Waals surface area contributed by atoms with Crippen LogP contribution in [-0.4, -0.2) is 38.0 Å². The Morgan fingerprint density at radius 1 is 1.15 bits per heavy atom. The van der Waals surface area contributed by atoms with E-state index in [2.05, 4.69) is 16.0 Å². The first-order valence-corrected chi connectivity index (χ1v) is 9.05. The smallest absolute Gasteiger partial charge is 0.287 e. The lowest BCUT2D eigenvalue weighted by Crippen LogP contribution is -2.52. The number of nitrogens with one attached hydrogen (secondary N) is 3. The second-order valence-corrected chi connectivity index (χ2v) is 6.76. The van der Waals surface area contributed by atoms with Crippen LogP contribution in [0.5, 0.6) is 0 Å². The molecule has 2 amide bonds. The first kappa shape index (κ1) is 18.5. The van der Waals surface area contributed by atoms with Crippen LogP contribution in [0.15, 0.2) is 40.8 Å². The molecule has 0 radical (unpaired) electrons. The van der Waals surface area contributed by atoms with Gasteiger partial charge in [0.15, 0.2) is 5.76 Å². The van der Waals surface area contributed by atoms with Crippen LogP contribution in [0.4, 0.5) is 0 Å². The summed E-state index contributed by atoms with van der Waals surface area (Å²) in [4.78, 5) is 24.8. The lowest BCUT2D eigenvalue weighted by atomic mass is 9.89. The molecule has 0 unspecified atom stereocenters. The molecule has 6 nitrogen and oxygen atoms in total. The molecule has 2 heterocycles. The van der Waals surface area contributed by atoms with Crippen LogP contribution >= 0.6 is 11.6 Å². The number of furan rings is 1. The van der Waals surface area contributed by atoms with Gasteiger partial charge in [0.25, 0.3) is 5.91 Å². The number of likely N-dealkylation sites (N-methyl/N-ethyl adjacent to an activating group) is 1. The number of piperidine rings is 1. The quantitative estimate of drug-likeness (QED) is 0.749. The van der Waals surface area contributed by atoms with E-state index in [0.29, 0.717) is 10.8 Å². The summed E-state index contributed by atoms with van der Waals surface area (Å²) < 4.78 is 5.67. The second kappa shape index (κ2) is 8.38. The number of rotatable bonds is 5. The Balaban J connectivity index is 1.73. The molecule has 3 N–H and O–H groups in total. The molecule has 2 aromatic rings. The summed E-state index contributed by atoms with van der Waals surface area (Å²) in [7, 11) is 1.58. The van der Waals surface area contributed by atoms with Crippen molar-refractivity contribution in [2.45, 2.75) is 18.9 Å². The first-order chi connectivity index (χ1) is 12.6. The molecule has 1 aromatic carbocycles. The van der Waals surface area contributed by atoms with Gasteiger partial charge in [-0.05, 0) is 68.2 Å². The maximum absolute atomic E-state index is 12.6. The van der Waals surface area contributed by atoms with Crippen LogP contribution in [0.3, 0.4) is 0 Å². The van der Waals surface area contributed by atoms with E-state index in [9.17, 15) is 9.59 Å². The molecule has 1 aliphatic heterocycles. The Bertz CT molecular complexity index is 767. The molecule has 7 heteroatoms. The fourth-order valence-electron chi connectivity index (χ4n) is 3.17. The van der Waals surface area contributed by atoms with E-state index in [0.717, 1.165) is 31.5 Å². The zero-order valence-electron chi connectivity index (χ0n) is 14.5. The predicted octanol–water partition coefficient (Wildman–Crippen LogP) is 2.44. The van der Waals surface area contributed by atoms with Crippen LogP contribution < -0.4 is 16.0 Å². The van der Waals surface area contributed by atoms with Gasteiger partial charge in [-0.25, -0.2) is 0 Å². The summed E-state index contributed by atoms with van der Waals surface area (Å²) in [6.45, 7) is 1.69. The number of carbonyl (C=O) groups excluding carboxylic acids is 2. The van der Waals surface area contributed by atoms with Crippen LogP contribution in [0.2, 0.25) is 5.02 Å². The Morgan fingerprint density at radius 3 is 2.50 bits per heavy atom. The molecule has 0 saturated carbocycles. The highest BCUT2D eigenvalue weighted by molar-refractivity contribution is 6.30. The summed E-state index contributed by atoms with van der Waals surface area (Å²) in [6, 6.07) is 9.95. The molecule has 138 valence electrons. The second-order valence-electron chi connectivity index (χ2n) is 6.32.